The van der Waals surface area contributed by atoms with Crippen LogP contribution in [-0.4, -0.2) is 9.97 Å². The summed E-state index contributed by atoms with van der Waals surface area (Å²) in [4.78, 5) is 7.06. The summed E-state index contributed by atoms with van der Waals surface area (Å²) in [6.45, 7) is 0. The van der Waals surface area contributed by atoms with Gasteiger partial charge in [-0.2, -0.15) is 18.2 Å². The van der Waals surface area contributed by atoms with Gasteiger partial charge in [0.05, 0.1) is 5.69 Å². The lowest BCUT2D eigenvalue weighted by Gasteiger charge is -2.12. The zero-order valence-electron chi connectivity index (χ0n) is 10.2. The van der Waals surface area contributed by atoms with E-state index in [0.717, 1.165) is 6.07 Å². The molecule has 0 fully saturated rings. The molecule has 112 valence electrons. The standard InChI is InChI=1S/C11H8BrClF3N5/c12-6-2-1-5(13)3-7(6)18-9-4-8(11(14,15)16)19-10(20-9)21-17/h1-4H,17H2,(H2,18,19,20,21). The van der Waals surface area contributed by atoms with E-state index in [-0.39, 0.29) is 11.8 Å². The van der Waals surface area contributed by atoms with E-state index in [2.05, 4.69) is 31.2 Å². The average molecular weight is 383 g/mol. The summed E-state index contributed by atoms with van der Waals surface area (Å²) in [7, 11) is 0. The number of hydrogen-bond donors (Lipinski definition) is 3. The Bertz CT molecular complexity index is 665. The molecule has 4 N–H and O–H groups in total. The van der Waals surface area contributed by atoms with Crippen molar-refractivity contribution in [2.45, 2.75) is 6.18 Å². The molecule has 0 atom stereocenters. The number of halogens is 5. The highest BCUT2D eigenvalue weighted by Crippen LogP contribution is 2.32. The van der Waals surface area contributed by atoms with E-state index in [9.17, 15) is 13.2 Å². The van der Waals surface area contributed by atoms with Crippen molar-refractivity contribution in [3.63, 3.8) is 0 Å². The lowest BCUT2D eigenvalue weighted by molar-refractivity contribution is -0.141. The van der Waals surface area contributed by atoms with Crippen LogP contribution >= 0.6 is 27.5 Å². The van der Waals surface area contributed by atoms with Crippen molar-refractivity contribution in [3.8, 4) is 0 Å². The molecule has 0 spiro atoms. The predicted octanol–water partition coefficient (Wildman–Crippen LogP) is 3.94. The number of nitrogens with one attached hydrogen (secondary N) is 2. The summed E-state index contributed by atoms with van der Waals surface area (Å²) in [6, 6.07) is 5.59. The maximum atomic E-state index is 12.7. The summed E-state index contributed by atoms with van der Waals surface area (Å²) in [6.07, 6.45) is -4.61. The molecule has 2 rings (SSSR count). The molecule has 0 bridgehead atoms. The molecular weight excluding hydrogens is 375 g/mol. The highest BCUT2D eigenvalue weighted by molar-refractivity contribution is 9.10. The second kappa shape index (κ2) is 6.04. The smallest absolute Gasteiger partial charge is 0.339 e. The number of benzene rings is 1. The van der Waals surface area contributed by atoms with Crippen molar-refractivity contribution < 1.29 is 13.2 Å². The molecule has 1 heterocycles. The third-order valence-electron chi connectivity index (χ3n) is 2.34. The summed E-state index contributed by atoms with van der Waals surface area (Å²) >= 11 is 9.09. The van der Waals surface area contributed by atoms with Gasteiger partial charge < -0.3 is 5.32 Å². The molecule has 0 radical (unpaired) electrons. The molecule has 1 aromatic carbocycles. The molecule has 0 aliphatic heterocycles. The van der Waals surface area contributed by atoms with Gasteiger partial charge >= 0.3 is 6.18 Å². The molecule has 0 aliphatic rings. The van der Waals surface area contributed by atoms with Gasteiger partial charge in [0.15, 0.2) is 5.69 Å². The predicted molar refractivity (Wildman–Crippen MR) is 77.3 cm³/mol. The van der Waals surface area contributed by atoms with Gasteiger partial charge in [0.25, 0.3) is 0 Å². The Hall–Kier alpha value is -1.58. The van der Waals surface area contributed by atoms with Crippen molar-refractivity contribution in [3.05, 3.63) is 39.5 Å². The number of hydrogen-bond acceptors (Lipinski definition) is 5. The van der Waals surface area contributed by atoms with E-state index in [1.54, 1.807) is 12.1 Å². The first kappa shape index (κ1) is 15.8. The first-order valence-electron chi connectivity index (χ1n) is 5.44. The third-order valence-corrected chi connectivity index (χ3v) is 3.26. The van der Waals surface area contributed by atoms with Crippen LogP contribution in [0.25, 0.3) is 0 Å². The van der Waals surface area contributed by atoms with Crippen LogP contribution in [0.4, 0.5) is 30.6 Å². The van der Waals surface area contributed by atoms with Crippen molar-refractivity contribution in [2.24, 2.45) is 5.84 Å². The van der Waals surface area contributed by atoms with Crippen molar-refractivity contribution in [2.75, 3.05) is 10.7 Å². The zero-order valence-corrected chi connectivity index (χ0v) is 12.5. The van der Waals surface area contributed by atoms with Crippen LogP contribution < -0.4 is 16.6 Å². The Balaban J connectivity index is 2.42. The van der Waals surface area contributed by atoms with Gasteiger partial charge in [-0.1, -0.05) is 11.6 Å². The minimum absolute atomic E-state index is 0.0757. The minimum Gasteiger partial charge on any atom is -0.339 e. The topological polar surface area (TPSA) is 75.9 Å². The zero-order chi connectivity index (χ0) is 15.6. The normalized spacial score (nSPS) is 11.3. The first-order chi connectivity index (χ1) is 9.79. The maximum absolute atomic E-state index is 12.7. The van der Waals surface area contributed by atoms with E-state index < -0.39 is 11.9 Å². The van der Waals surface area contributed by atoms with E-state index >= 15 is 0 Å². The van der Waals surface area contributed by atoms with E-state index in [1.807, 2.05) is 5.43 Å². The lowest BCUT2D eigenvalue weighted by Crippen LogP contribution is -2.16. The molecule has 0 unspecified atom stereocenters. The van der Waals surface area contributed by atoms with Gasteiger partial charge in [0.2, 0.25) is 5.95 Å². The Kier molecular flexibility index (Phi) is 4.55. The molecule has 0 aliphatic carbocycles. The lowest BCUT2D eigenvalue weighted by atomic mass is 10.3. The van der Waals surface area contributed by atoms with Crippen molar-refractivity contribution in [1.29, 1.82) is 0 Å². The number of nitrogens with zero attached hydrogens (tertiary/aromatic N) is 2. The number of rotatable bonds is 3. The van der Waals surface area contributed by atoms with Crippen LogP contribution in [0.3, 0.4) is 0 Å². The van der Waals surface area contributed by atoms with Crippen LogP contribution in [0.15, 0.2) is 28.7 Å². The Morgan fingerprint density at radius 3 is 2.52 bits per heavy atom. The van der Waals surface area contributed by atoms with E-state index in [1.165, 1.54) is 6.07 Å². The Labute approximate surface area is 130 Å². The largest absolute Gasteiger partial charge is 0.433 e. The average Bonchev–Trinajstić information content (AvgIpc) is 2.41. The second-order valence-corrected chi connectivity index (χ2v) is 5.14. The minimum atomic E-state index is -4.61. The fraction of sp³-hybridized carbons (Fsp3) is 0.0909. The highest BCUT2D eigenvalue weighted by Gasteiger charge is 2.33. The van der Waals surface area contributed by atoms with Crippen LogP contribution in [0.5, 0.6) is 0 Å². The fourth-order valence-electron chi connectivity index (χ4n) is 1.45. The molecule has 1 aromatic heterocycles. The van der Waals surface area contributed by atoms with Crippen LogP contribution in [0.2, 0.25) is 5.02 Å². The number of anilines is 3. The quantitative estimate of drug-likeness (QED) is 0.554. The number of hydrazine groups is 1. The maximum Gasteiger partial charge on any atom is 0.433 e. The summed E-state index contributed by atoms with van der Waals surface area (Å²) in [5.41, 5.74) is 1.33. The second-order valence-electron chi connectivity index (χ2n) is 3.85. The molecule has 0 amide bonds. The van der Waals surface area contributed by atoms with Crippen molar-refractivity contribution >= 4 is 45.0 Å². The third kappa shape index (κ3) is 3.96. The van der Waals surface area contributed by atoms with Gasteiger partial charge in [0, 0.05) is 15.6 Å². The summed E-state index contributed by atoms with van der Waals surface area (Å²) < 4.78 is 38.9. The van der Waals surface area contributed by atoms with Crippen LogP contribution in [0.1, 0.15) is 5.69 Å². The van der Waals surface area contributed by atoms with Gasteiger partial charge in [-0.3, -0.25) is 5.43 Å². The molecule has 0 saturated heterocycles. The number of alkyl halides is 3. The van der Waals surface area contributed by atoms with Gasteiger partial charge in [0.1, 0.15) is 5.82 Å². The summed E-state index contributed by atoms with van der Waals surface area (Å²) in [5, 5.41) is 3.14. The Morgan fingerprint density at radius 1 is 1.19 bits per heavy atom. The summed E-state index contributed by atoms with van der Waals surface area (Å²) in [5.74, 6) is 4.65. The SMILES string of the molecule is NNc1nc(Nc2cc(Cl)ccc2Br)cc(C(F)(F)F)n1. The van der Waals surface area contributed by atoms with Crippen molar-refractivity contribution in [1.82, 2.24) is 9.97 Å². The van der Waals surface area contributed by atoms with Crippen LogP contribution in [-0.2, 0) is 6.18 Å². The number of nitrogens with two attached hydrogens (primary N) is 1. The van der Waals surface area contributed by atoms with Crippen LogP contribution in [0, 0.1) is 0 Å². The van der Waals surface area contributed by atoms with E-state index in [4.69, 9.17) is 17.4 Å². The molecule has 2 aromatic rings. The highest BCUT2D eigenvalue weighted by atomic mass is 79.9. The van der Waals surface area contributed by atoms with Gasteiger partial charge in [-0.05, 0) is 34.1 Å². The molecule has 0 saturated carbocycles. The van der Waals surface area contributed by atoms with Gasteiger partial charge in [-0.15, -0.1) is 0 Å². The fourth-order valence-corrected chi connectivity index (χ4v) is 1.97. The number of aromatic nitrogens is 2. The number of nitrogen functional groups attached to an aromatic ring is 1. The molecule has 5 nitrogen and oxygen atoms in total. The molecule has 10 heteroatoms. The van der Waals surface area contributed by atoms with E-state index in [0.29, 0.717) is 15.2 Å². The monoisotopic (exact) mass is 381 g/mol. The molecule has 21 heavy (non-hydrogen) atoms. The molecular formula is C11H8BrClF3N5. The first-order valence-corrected chi connectivity index (χ1v) is 6.61. The Morgan fingerprint density at radius 2 is 1.90 bits per heavy atom. The van der Waals surface area contributed by atoms with Gasteiger partial charge in [-0.25, -0.2) is 10.8 Å².